The fraction of sp³-hybridized carbons (Fsp3) is 0.467. The molecule has 0 saturated heterocycles. The number of carbonyl (C=O) groups excluding carboxylic acids is 1. The molecule has 0 aliphatic carbocycles. The molecule has 0 aromatic heterocycles. The van der Waals surface area contributed by atoms with Crippen LogP contribution in [0.2, 0.25) is 0 Å². The van der Waals surface area contributed by atoms with Crippen molar-refractivity contribution in [1.29, 1.82) is 0 Å². The van der Waals surface area contributed by atoms with Gasteiger partial charge in [0.1, 0.15) is 0 Å². The smallest absolute Gasteiger partial charge is 0.303 e. The third-order valence-corrected chi connectivity index (χ3v) is 3.28. The molecular weight excluding hydrogens is 274 g/mol. The number of fused-ring (bicyclic) bond motifs is 1. The minimum atomic E-state index is -0.851. The first-order chi connectivity index (χ1) is 10.0. The third-order valence-electron chi connectivity index (χ3n) is 3.28. The molecule has 1 heterocycles. The lowest BCUT2D eigenvalue weighted by atomic mass is 10.1. The number of hydrogen-bond donors (Lipinski definition) is 2. The predicted octanol–water partition coefficient (Wildman–Crippen LogP) is 1.72. The highest BCUT2D eigenvalue weighted by Gasteiger charge is 2.14. The number of carboxylic acid groups (broad SMARTS) is 1. The Morgan fingerprint density at radius 3 is 2.81 bits per heavy atom. The van der Waals surface area contributed by atoms with E-state index in [0.717, 1.165) is 11.3 Å². The minimum Gasteiger partial charge on any atom is -0.481 e. The van der Waals surface area contributed by atoms with Crippen molar-refractivity contribution in [2.24, 2.45) is 0 Å². The number of ether oxygens (including phenoxy) is 2. The Hall–Kier alpha value is -2.24. The maximum Gasteiger partial charge on any atom is 0.303 e. The second-order valence-corrected chi connectivity index (χ2v) is 5.09. The van der Waals surface area contributed by atoms with E-state index >= 15 is 0 Å². The van der Waals surface area contributed by atoms with Crippen LogP contribution >= 0.6 is 0 Å². The zero-order valence-corrected chi connectivity index (χ0v) is 11.9. The average molecular weight is 293 g/mol. The van der Waals surface area contributed by atoms with Gasteiger partial charge in [-0.05, 0) is 37.5 Å². The molecule has 1 aliphatic heterocycles. The number of nitrogens with one attached hydrogen (secondary N) is 1. The summed E-state index contributed by atoms with van der Waals surface area (Å²) in [6.07, 6.45) is 1.46. The molecule has 2 N–H and O–H groups in total. The monoisotopic (exact) mass is 293 g/mol. The summed E-state index contributed by atoms with van der Waals surface area (Å²) in [5, 5.41) is 11.4. The largest absolute Gasteiger partial charge is 0.481 e. The van der Waals surface area contributed by atoms with Crippen LogP contribution in [0.3, 0.4) is 0 Å². The van der Waals surface area contributed by atoms with Gasteiger partial charge in [0.15, 0.2) is 11.5 Å². The number of aryl methyl sites for hydroxylation is 1. The van der Waals surface area contributed by atoms with Gasteiger partial charge in [-0.1, -0.05) is 6.07 Å². The van der Waals surface area contributed by atoms with Gasteiger partial charge in [-0.3, -0.25) is 9.59 Å². The Bertz CT molecular complexity index is 529. The van der Waals surface area contributed by atoms with Crippen LogP contribution in [0.5, 0.6) is 11.5 Å². The number of carboxylic acids is 1. The Morgan fingerprint density at radius 2 is 2.05 bits per heavy atom. The molecule has 1 atom stereocenters. The van der Waals surface area contributed by atoms with Gasteiger partial charge in [-0.2, -0.15) is 0 Å². The Morgan fingerprint density at radius 1 is 1.29 bits per heavy atom. The molecule has 1 unspecified atom stereocenters. The van der Waals surface area contributed by atoms with Crippen LogP contribution in [0.1, 0.15) is 31.7 Å². The lowest BCUT2D eigenvalue weighted by Crippen LogP contribution is -2.33. The molecule has 0 saturated carbocycles. The van der Waals surface area contributed by atoms with E-state index in [2.05, 4.69) is 5.32 Å². The fourth-order valence-corrected chi connectivity index (χ4v) is 2.11. The minimum absolute atomic E-state index is 0.0591. The Balaban J connectivity index is 1.75. The number of hydrogen-bond acceptors (Lipinski definition) is 4. The molecule has 1 aromatic carbocycles. The third kappa shape index (κ3) is 4.66. The zero-order valence-electron chi connectivity index (χ0n) is 11.9. The first kappa shape index (κ1) is 15.2. The molecule has 1 amide bonds. The predicted molar refractivity (Wildman–Crippen MR) is 75.4 cm³/mol. The first-order valence-electron chi connectivity index (χ1n) is 6.94. The van der Waals surface area contributed by atoms with Gasteiger partial charge in [0.2, 0.25) is 12.7 Å². The number of benzene rings is 1. The number of amides is 1. The van der Waals surface area contributed by atoms with Crippen molar-refractivity contribution in [3.63, 3.8) is 0 Å². The molecule has 0 spiro atoms. The Kier molecular flexibility index (Phi) is 5.03. The molecule has 0 fully saturated rings. The van der Waals surface area contributed by atoms with E-state index in [1.54, 1.807) is 6.92 Å². The summed E-state index contributed by atoms with van der Waals surface area (Å²) in [5.74, 6) is 0.509. The van der Waals surface area contributed by atoms with Gasteiger partial charge < -0.3 is 19.9 Å². The fourth-order valence-electron chi connectivity index (χ4n) is 2.11. The maximum absolute atomic E-state index is 11.8. The summed E-state index contributed by atoms with van der Waals surface area (Å²) in [7, 11) is 0. The normalized spacial score (nSPS) is 13.8. The molecule has 6 heteroatoms. The van der Waals surface area contributed by atoms with E-state index in [4.69, 9.17) is 14.6 Å². The molecule has 2 rings (SSSR count). The van der Waals surface area contributed by atoms with Gasteiger partial charge in [0.05, 0.1) is 0 Å². The van der Waals surface area contributed by atoms with E-state index in [9.17, 15) is 9.59 Å². The maximum atomic E-state index is 11.8. The molecule has 1 aliphatic rings. The van der Waals surface area contributed by atoms with Crippen LogP contribution in [0, 0.1) is 0 Å². The second-order valence-electron chi connectivity index (χ2n) is 5.09. The van der Waals surface area contributed by atoms with Gasteiger partial charge in [-0.25, -0.2) is 0 Å². The van der Waals surface area contributed by atoms with E-state index in [0.29, 0.717) is 25.0 Å². The quantitative estimate of drug-likeness (QED) is 0.799. The second kappa shape index (κ2) is 6.97. The van der Waals surface area contributed by atoms with E-state index in [-0.39, 0.29) is 25.2 Å². The molecule has 1 aromatic rings. The lowest BCUT2D eigenvalue weighted by molar-refractivity contribution is -0.137. The topological polar surface area (TPSA) is 84.9 Å². The summed E-state index contributed by atoms with van der Waals surface area (Å²) in [6, 6.07) is 5.49. The van der Waals surface area contributed by atoms with Gasteiger partial charge >= 0.3 is 5.97 Å². The van der Waals surface area contributed by atoms with Crippen molar-refractivity contribution < 1.29 is 24.2 Å². The standard InChI is InChI=1S/C15H19NO5/c1-10(2-7-15(18)19)16-14(17)6-4-11-3-5-12-13(8-11)21-9-20-12/h3,5,8,10H,2,4,6-7,9H2,1H3,(H,16,17)(H,18,19). The van der Waals surface area contributed by atoms with Gasteiger partial charge in [-0.15, -0.1) is 0 Å². The number of aliphatic carboxylic acids is 1. The van der Waals surface area contributed by atoms with Crippen molar-refractivity contribution in [2.45, 2.75) is 38.6 Å². The molecule has 21 heavy (non-hydrogen) atoms. The highest BCUT2D eigenvalue weighted by Crippen LogP contribution is 2.32. The van der Waals surface area contributed by atoms with E-state index < -0.39 is 5.97 Å². The number of carbonyl (C=O) groups is 2. The summed E-state index contributed by atoms with van der Waals surface area (Å²) in [4.78, 5) is 22.2. The van der Waals surface area contributed by atoms with Crippen molar-refractivity contribution in [2.75, 3.05) is 6.79 Å². The first-order valence-corrected chi connectivity index (χ1v) is 6.94. The van der Waals surface area contributed by atoms with Crippen molar-refractivity contribution >= 4 is 11.9 Å². The molecule has 6 nitrogen and oxygen atoms in total. The summed E-state index contributed by atoms with van der Waals surface area (Å²) >= 11 is 0. The van der Waals surface area contributed by atoms with E-state index in [1.165, 1.54) is 0 Å². The van der Waals surface area contributed by atoms with Crippen LogP contribution in [0.15, 0.2) is 18.2 Å². The summed E-state index contributed by atoms with van der Waals surface area (Å²) in [6.45, 7) is 2.04. The SMILES string of the molecule is CC(CCC(=O)O)NC(=O)CCc1ccc2c(c1)OCO2. The van der Waals surface area contributed by atoms with Crippen molar-refractivity contribution in [3.8, 4) is 11.5 Å². The molecule has 0 bridgehead atoms. The van der Waals surface area contributed by atoms with Crippen molar-refractivity contribution in [1.82, 2.24) is 5.32 Å². The molecule has 114 valence electrons. The lowest BCUT2D eigenvalue weighted by Gasteiger charge is -2.12. The highest BCUT2D eigenvalue weighted by molar-refractivity contribution is 5.76. The molecular formula is C15H19NO5. The highest BCUT2D eigenvalue weighted by atomic mass is 16.7. The van der Waals surface area contributed by atoms with Crippen LogP contribution in [-0.2, 0) is 16.0 Å². The molecule has 0 radical (unpaired) electrons. The van der Waals surface area contributed by atoms with E-state index in [1.807, 2.05) is 18.2 Å². The van der Waals surface area contributed by atoms with Crippen molar-refractivity contribution in [3.05, 3.63) is 23.8 Å². The van der Waals surface area contributed by atoms with Crippen LogP contribution in [0.25, 0.3) is 0 Å². The summed E-state index contributed by atoms with van der Waals surface area (Å²) in [5.41, 5.74) is 1.01. The summed E-state index contributed by atoms with van der Waals surface area (Å²) < 4.78 is 10.5. The number of rotatable bonds is 7. The van der Waals surface area contributed by atoms with Crippen LogP contribution < -0.4 is 14.8 Å². The Labute approximate surface area is 123 Å². The van der Waals surface area contributed by atoms with Crippen LogP contribution in [0.4, 0.5) is 0 Å². The average Bonchev–Trinajstić information content (AvgIpc) is 2.90. The van der Waals surface area contributed by atoms with Gasteiger partial charge in [0, 0.05) is 18.9 Å². The zero-order chi connectivity index (χ0) is 15.2. The van der Waals surface area contributed by atoms with Gasteiger partial charge in [0.25, 0.3) is 0 Å². The van der Waals surface area contributed by atoms with Crippen LogP contribution in [-0.4, -0.2) is 29.8 Å².